The number of rotatable bonds is 2. The summed E-state index contributed by atoms with van der Waals surface area (Å²) in [6.45, 7) is 0. The van der Waals surface area contributed by atoms with Gasteiger partial charge in [0.25, 0.3) is 0 Å². The van der Waals surface area contributed by atoms with Crippen LogP contribution in [0.4, 0.5) is 0 Å². The average Bonchev–Trinajstić information content (AvgIpc) is 2.94. The minimum atomic E-state index is -1.15. The van der Waals surface area contributed by atoms with Crippen LogP contribution in [0.5, 0.6) is 5.75 Å². The summed E-state index contributed by atoms with van der Waals surface area (Å²) in [6, 6.07) is 14.6. The molecule has 0 aliphatic heterocycles. The van der Waals surface area contributed by atoms with Crippen LogP contribution in [0, 0.1) is 0 Å². The fraction of sp³-hybridized carbons (Fsp3) is 0.0526. The first-order chi connectivity index (χ1) is 11.5. The maximum Gasteiger partial charge on any atom is 0.339 e. The number of hydrogen-bond acceptors (Lipinski definition) is 3. The molecule has 0 saturated heterocycles. The molecule has 0 aliphatic rings. The third-order valence-corrected chi connectivity index (χ3v) is 4.18. The molecule has 2 N–H and O–H groups in total. The lowest BCUT2D eigenvalue weighted by atomic mass is 9.94. The molecule has 3 aromatic carbocycles. The Morgan fingerprint density at radius 1 is 1.08 bits per heavy atom. The Bertz CT molecular complexity index is 1110. The standard InChI is InChI=1S/C19H14N2O3/c1-21-10-12-7-6-11(8-17(12)20-21)15-9-16(19(23)24)18(22)14-5-3-2-4-13(14)15/h2-10,22H,1H3,(H,23,24). The second-order valence-electron chi connectivity index (χ2n) is 5.75. The van der Waals surface area contributed by atoms with E-state index in [-0.39, 0.29) is 11.3 Å². The average molecular weight is 318 g/mol. The van der Waals surface area contributed by atoms with E-state index in [1.165, 1.54) is 6.07 Å². The molecule has 0 aliphatic carbocycles. The lowest BCUT2D eigenvalue weighted by Gasteiger charge is -2.11. The molecule has 1 heterocycles. The molecule has 0 fully saturated rings. The van der Waals surface area contributed by atoms with Crippen molar-refractivity contribution >= 4 is 27.6 Å². The molecule has 0 bridgehead atoms. The van der Waals surface area contributed by atoms with E-state index in [9.17, 15) is 15.0 Å². The monoisotopic (exact) mass is 318 g/mol. The molecule has 4 rings (SSSR count). The van der Waals surface area contributed by atoms with E-state index < -0.39 is 5.97 Å². The summed E-state index contributed by atoms with van der Waals surface area (Å²) in [7, 11) is 1.86. The Balaban J connectivity index is 2.06. The summed E-state index contributed by atoms with van der Waals surface area (Å²) in [5.74, 6) is -1.36. The van der Waals surface area contributed by atoms with Gasteiger partial charge in [0.2, 0.25) is 0 Å². The predicted octanol–water partition coefficient (Wildman–Crippen LogP) is 3.80. The molecule has 118 valence electrons. The third-order valence-electron chi connectivity index (χ3n) is 4.18. The Hall–Kier alpha value is -3.34. The van der Waals surface area contributed by atoms with E-state index >= 15 is 0 Å². The number of phenols is 1. The van der Waals surface area contributed by atoms with Gasteiger partial charge in [0, 0.05) is 24.0 Å². The van der Waals surface area contributed by atoms with Crippen LogP contribution in [-0.4, -0.2) is 26.0 Å². The summed E-state index contributed by atoms with van der Waals surface area (Å²) < 4.78 is 1.74. The Kier molecular flexibility index (Phi) is 3.03. The molecule has 4 aromatic rings. The molecule has 0 spiro atoms. The second-order valence-corrected chi connectivity index (χ2v) is 5.75. The molecular weight excluding hydrogens is 304 g/mol. The topological polar surface area (TPSA) is 75.4 Å². The molecule has 5 heteroatoms. The van der Waals surface area contributed by atoms with E-state index in [4.69, 9.17) is 0 Å². The molecule has 1 aromatic heterocycles. The van der Waals surface area contributed by atoms with Gasteiger partial charge >= 0.3 is 5.97 Å². The lowest BCUT2D eigenvalue weighted by Crippen LogP contribution is -1.98. The van der Waals surface area contributed by atoms with Crippen molar-refractivity contribution in [3.63, 3.8) is 0 Å². The summed E-state index contributed by atoms with van der Waals surface area (Å²) in [4.78, 5) is 11.5. The van der Waals surface area contributed by atoms with Crippen LogP contribution in [0.1, 0.15) is 10.4 Å². The Labute approximate surface area is 137 Å². The highest BCUT2D eigenvalue weighted by atomic mass is 16.4. The zero-order valence-electron chi connectivity index (χ0n) is 12.9. The first kappa shape index (κ1) is 14.3. The van der Waals surface area contributed by atoms with Gasteiger partial charge in [0.1, 0.15) is 11.3 Å². The van der Waals surface area contributed by atoms with Crippen LogP contribution in [0.15, 0.2) is 54.7 Å². The van der Waals surface area contributed by atoms with Crippen molar-refractivity contribution in [3.8, 4) is 16.9 Å². The fourth-order valence-corrected chi connectivity index (χ4v) is 3.07. The lowest BCUT2D eigenvalue weighted by molar-refractivity contribution is 0.0694. The summed E-state index contributed by atoms with van der Waals surface area (Å²) in [5, 5.41) is 26.4. The highest BCUT2D eigenvalue weighted by molar-refractivity contribution is 6.07. The SMILES string of the molecule is Cn1cc2ccc(-c3cc(C(=O)O)c(O)c4ccccc34)cc2n1. The van der Waals surface area contributed by atoms with Crippen molar-refractivity contribution in [1.29, 1.82) is 0 Å². The van der Waals surface area contributed by atoms with E-state index in [0.29, 0.717) is 5.39 Å². The molecule has 5 nitrogen and oxygen atoms in total. The minimum Gasteiger partial charge on any atom is -0.506 e. The van der Waals surface area contributed by atoms with Gasteiger partial charge in [0.15, 0.2) is 0 Å². The van der Waals surface area contributed by atoms with Gasteiger partial charge < -0.3 is 10.2 Å². The number of aromatic nitrogens is 2. The van der Waals surface area contributed by atoms with Crippen LogP contribution < -0.4 is 0 Å². The quantitative estimate of drug-likeness (QED) is 0.589. The predicted molar refractivity (Wildman–Crippen MR) is 92.3 cm³/mol. The maximum atomic E-state index is 11.5. The van der Waals surface area contributed by atoms with Crippen molar-refractivity contribution in [1.82, 2.24) is 9.78 Å². The number of benzene rings is 3. The number of aromatic hydroxyl groups is 1. The number of carboxylic acid groups (broad SMARTS) is 1. The molecule has 0 radical (unpaired) electrons. The zero-order valence-corrected chi connectivity index (χ0v) is 12.9. The second kappa shape index (κ2) is 5.09. The molecule has 0 amide bonds. The molecule has 0 atom stereocenters. The Morgan fingerprint density at radius 2 is 1.83 bits per heavy atom. The first-order valence-electron chi connectivity index (χ1n) is 7.46. The van der Waals surface area contributed by atoms with Gasteiger partial charge in [0.05, 0.1) is 5.52 Å². The molecular formula is C19H14N2O3. The minimum absolute atomic E-state index is 0.107. The van der Waals surface area contributed by atoms with Crippen molar-refractivity contribution in [2.24, 2.45) is 7.05 Å². The highest BCUT2D eigenvalue weighted by Crippen LogP contribution is 2.37. The largest absolute Gasteiger partial charge is 0.506 e. The molecule has 24 heavy (non-hydrogen) atoms. The summed E-state index contributed by atoms with van der Waals surface area (Å²) in [6.07, 6.45) is 1.93. The smallest absolute Gasteiger partial charge is 0.339 e. The van der Waals surface area contributed by atoms with Gasteiger partial charge in [-0.15, -0.1) is 0 Å². The number of carbonyl (C=O) groups is 1. The van der Waals surface area contributed by atoms with Crippen molar-refractivity contribution in [3.05, 3.63) is 60.3 Å². The van der Waals surface area contributed by atoms with Crippen molar-refractivity contribution < 1.29 is 15.0 Å². The van der Waals surface area contributed by atoms with Gasteiger partial charge in [-0.2, -0.15) is 5.10 Å². The van der Waals surface area contributed by atoms with Gasteiger partial charge in [-0.1, -0.05) is 36.4 Å². The zero-order chi connectivity index (χ0) is 16.8. The number of aryl methyl sites for hydroxylation is 1. The van der Waals surface area contributed by atoms with E-state index in [1.807, 2.05) is 43.6 Å². The van der Waals surface area contributed by atoms with E-state index in [1.54, 1.807) is 16.8 Å². The van der Waals surface area contributed by atoms with E-state index in [2.05, 4.69) is 5.10 Å². The van der Waals surface area contributed by atoms with Crippen LogP contribution >= 0.6 is 0 Å². The number of carboxylic acids is 1. The van der Waals surface area contributed by atoms with Gasteiger partial charge in [-0.05, 0) is 28.6 Å². The van der Waals surface area contributed by atoms with Crippen LogP contribution in [0.2, 0.25) is 0 Å². The fourth-order valence-electron chi connectivity index (χ4n) is 3.07. The number of fused-ring (bicyclic) bond motifs is 2. The summed E-state index contributed by atoms with van der Waals surface area (Å²) in [5.41, 5.74) is 2.35. The van der Waals surface area contributed by atoms with Gasteiger partial charge in [-0.25, -0.2) is 4.79 Å². The maximum absolute atomic E-state index is 11.5. The Morgan fingerprint density at radius 3 is 2.58 bits per heavy atom. The normalized spacial score (nSPS) is 11.2. The molecule has 0 saturated carbocycles. The van der Waals surface area contributed by atoms with Crippen molar-refractivity contribution in [2.45, 2.75) is 0 Å². The van der Waals surface area contributed by atoms with E-state index in [0.717, 1.165) is 27.4 Å². The van der Waals surface area contributed by atoms with Gasteiger partial charge in [-0.3, -0.25) is 4.68 Å². The van der Waals surface area contributed by atoms with Crippen molar-refractivity contribution in [2.75, 3.05) is 0 Å². The number of hydrogen-bond donors (Lipinski definition) is 2. The number of nitrogens with zero attached hydrogens (tertiary/aromatic N) is 2. The first-order valence-corrected chi connectivity index (χ1v) is 7.46. The molecule has 0 unspecified atom stereocenters. The number of aromatic carboxylic acids is 1. The summed E-state index contributed by atoms with van der Waals surface area (Å²) >= 11 is 0. The van der Waals surface area contributed by atoms with Crippen LogP contribution in [-0.2, 0) is 7.05 Å². The van der Waals surface area contributed by atoms with Crippen LogP contribution in [0.25, 0.3) is 32.8 Å². The third kappa shape index (κ3) is 2.10. The van der Waals surface area contributed by atoms with Crippen LogP contribution in [0.3, 0.4) is 0 Å². The highest BCUT2D eigenvalue weighted by Gasteiger charge is 2.17.